The van der Waals surface area contributed by atoms with Crippen LogP contribution in [0, 0.1) is 5.92 Å². The van der Waals surface area contributed by atoms with Gasteiger partial charge in [0.15, 0.2) is 0 Å². The molecule has 2 atom stereocenters. The zero-order valence-electron chi connectivity index (χ0n) is 10.4. The van der Waals surface area contributed by atoms with Gasteiger partial charge in [-0.05, 0) is 49.1 Å². The molecular formula is C16H18O2. The van der Waals surface area contributed by atoms with Crippen LogP contribution in [-0.4, -0.2) is 11.1 Å². The van der Waals surface area contributed by atoms with Gasteiger partial charge in [0.2, 0.25) is 0 Å². The highest BCUT2D eigenvalue weighted by atomic mass is 16.4. The summed E-state index contributed by atoms with van der Waals surface area (Å²) >= 11 is 0. The molecule has 94 valence electrons. The van der Waals surface area contributed by atoms with E-state index in [1.807, 2.05) is 18.2 Å². The molecule has 0 heterocycles. The molecule has 2 nitrogen and oxygen atoms in total. The molecule has 2 aliphatic rings. The van der Waals surface area contributed by atoms with Gasteiger partial charge in [0.05, 0.1) is 5.41 Å². The molecule has 18 heavy (non-hydrogen) atoms. The molecule has 1 aromatic carbocycles. The van der Waals surface area contributed by atoms with Crippen molar-refractivity contribution in [1.29, 1.82) is 0 Å². The third kappa shape index (κ3) is 1.52. The maximum atomic E-state index is 12.0. The molecule has 1 N–H and O–H groups in total. The Morgan fingerprint density at radius 2 is 2.17 bits per heavy atom. The molecular weight excluding hydrogens is 224 g/mol. The molecule has 1 aromatic rings. The number of allylic oxidation sites excluding steroid dienone is 2. The van der Waals surface area contributed by atoms with Gasteiger partial charge in [-0.25, -0.2) is 0 Å². The Bertz CT molecular complexity index is 504. The Kier molecular flexibility index (Phi) is 2.73. The molecule has 0 fully saturated rings. The van der Waals surface area contributed by atoms with Crippen molar-refractivity contribution in [2.75, 3.05) is 0 Å². The molecule has 3 rings (SSSR count). The number of carboxylic acids is 1. The largest absolute Gasteiger partial charge is 0.481 e. The number of hydrogen-bond donors (Lipinski definition) is 1. The van der Waals surface area contributed by atoms with Gasteiger partial charge in [-0.3, -0.25) is 4.79 Å². The number of hydrogen-bond acceptors (Lipinski definition) is 1. The van der Waals surface area contributed by atoms with Gasteiger partial charge in [-0.2, -0.15) is 0 Å². The number of carbonyl (C=O) groups is 1. The minimum Gasteiger partial charge on any atom is -0.481 e. The molecule has 2 unspecified atom stereocenters. The van der Waals surface area contributed by atoms with Gasteiger partial charge >= 0.3 is 5.97 Å². The SMILES string of the molecule is O=C(O)C1(C2C=CCCC2)CCc2ccccc21. The van der Waals surface area contributed by atoms with Crippen LogP contribution in [0.5, 0.6) is 0 Å². The fraction of sp³-hybridized carbons (Fsp3) is 0.438. The Balaban J connectivity index is 2.11. The summed E-state index contributed by atoms with van der Waals surface area (Å²) in [5.74, 6) is -0.489. The quantitative estimate of drug-likeness (QED) is 0.808. The van der Waals surface area contributed by atoms with E-state index in [4.69, 9.17) is 0 Å². The number of aliphatic carboxylic acids is 1. The molecule has 0 bridgehead atoms. The highest BCUT2D eigenvalue weighted by Crippen LogP contribution is 2.47. The second kappa shape index (κ2) is 4.27. The van der Waals surface area contributed by atoms with Crippen molar-refractivity contribution in [3.05, 3.63) is 47.5 Å². The van der Waals surface area contributed by atoms with Gasteiger partial charge in [0.1, 0.15) is 0 Å². The summed E-state index contributed by atoms with van der Waals surface area (Å²) in [6.45, 7) is 0. The van der Waals surface area contributed by atoms with Crippen molar-refractivity contribution in [2.24, 2.45) is 5.92 Å². The molecule has 0 spiro atoms. The number of carboxylic acid groups (broad SMARTS) is 1. The van der Waals surface area contributed by atoms with Crippen molar-refractivity contribution in [3.8, 4) is 0 Å². The first-order chi connectivity index (χ1) is 8.75. The predicted molar refractivity (Wildman–Crippen MR) is 70.6 cm³/mol. The Labute approximate surface area is 107 Å². The van der Waals surface area contributed by atoms with Crippen molar-refractivity contribution < 1.29 is 9.90 Å². The topological polar surface area (TPSA) is 37.3 Å². The van der Waals surface area contributed by atoms with Crippen LogP contribution in [0.25, 0.3) is 0 Å². The van der Waals surface area contributed by atoms with E-state index >= 15 is 0 Å². The average molecular weight is 242 g/mol. The predicted octanol–water partition coefficient (Wildman–Crippen LogP) is 3.31. The van der Waals surface area contributed by atoms with E-state index in [0.717, 1.165) is 37.7 Å². The highest BCUT2D eigenvalue weighted by molar-refractivity contribution is 5.84. The van der Waals surface area contributed by atoms with Crippen LogP contribution in [0.2, 0.25) is 0 Å². The lowest BCUT2D eigenvalue weighted by molar-refractivity contribution is -0.145. The van der Waals surface area contributed by atoms with Crippen molar-refractivity contribution in [3.63, 3.8) is 0 Å². The van der Waals surface area contributed by atoms with E-state index in [9.17, 15) is 9.90 Å². The standard InChI is InChI=1S/C16H18O2/c17-15(18)16(13-7-2-1-3-8-13)11-10-12-6-4-5-9-14(12)16/h2,4-7,9,13H,1,3,8,10-11H2,(H,17,18). The Morgan fingerprint density at radius 3 is 2.89 bits per heavy atom. The molecule has 0 saturated carbocycles. The maximum Gasteiger partial charge on any atom is 0.314 e. The van der Waals surface area contributed by atoms with Crippen LogP contribution in [0.15, 0.2) is 36.4 Å². The molecule has 0 amide bonds. The number of fused-ring (bicyclic) bond motifs is 1. The van der Waals surface area contributed by atoms with Crippen LogP contribution in [0.3, 0.4) is 0 Å². The summed E-state index contributed by atoms with van der Waals surface area (Å²) in [7, 11) is 0. The fourth-order valence-electron chi connectivity index (χ4n) is 3.63. The van der Waals surface area contributed by atoms with E-state index in [1.165, 1.54) is 5.56 Å². The van der Waals surface area contributed by atoms with Gasteiger partial charge in [-0.1, -0.05) is 36.4 Å². The molecule has 0 radical (unpaired) electrons. The Morgan fingerprint density at radius 1 is 1.33 bits per heavy atom. The van der Waals surface area contributed by atoms with Crippen LogP contribution < -0.4 is 0 Å². The zero-order chi connectivity index (χ0) is 12.6. The van der Waals surface area contributed by atoms with Crippen molar-refractivity contribution in [2.45, 2.75) is 37.5 Å². The first kappa shape index (κ1) is 11.5. The highest BCUT2D eigenvalue weighted by Gasteiger charge is 2.50. The van der Waals surface area contributed by atoms with Crippen LogP contribution >= 0.6 is 0 Å². The van der Waals surface area contributed by atoms with Crippen LogP contribution in [0.4, 0.5) is 0 Å². The lowest BCUT2D eigenvalue weighted by atomic mass is 9.68. The summed E-state index contributed by atoms with van der Waals surface area (Å²) < 4.78 is 0. The van der Waals surface area contributed by atoms with E-state index < -0.39 is 11.4 Å². The third-order valence-electron chi connectivity index (χ3n) is 4.56. The maximum absolute atomic E-state index is 12.0. The van der Waals surface area contributed by atoms with E-state index in [0.29, 0.717) is 0 Å². The first-order valence-electron chi connectivity index (χ1n) is 6.73. The van der Waals surface area contributed by atoms with Crippen molar-refractivity contribution in [1.82, 2.24) is 0 Å². The number of rotatable bonds is 2. The lowest BCUT2D eigenvalue weighted by Gasteiger charge is -2.34. The van der Waals surface area contributed by atoms with E-state index in [2.05, 4.69) is 18.2 Å². The molecule has 2 aliphatic carbocycles. The molecule has 2 heteroatoms. The first-order valence-corrected chi connectivity index (χ1v) is 6.73. The summed E-state index contributed by atoms with van der Waals surface area (Å²) in [5.41, 5.74) is 1.60. The molecule has 0 aromatic heterocycles. The number of aryl methyl sites for hydroxylation is 1. The molecule has 0 aliphatic heterocycles. The Hall–Kier alpha value is -1.57. The second-order valence-corrected chi connectivity index (χ2v) is 5.40. The van der Waals surface area contributed by atoms with Crippen LogP contribution in [0.1, 0.15) is 36.8 Å². The number of benzene rings is 1. The third-order valence-corrected chi connectivity index (χ3v) is 4.56. The van der Waals surface area contributed by atoms with Gasteiger partial charge in [-0.15, -0.1) is 0 Å². The van der Waals surface area contributed by atoms with Gasteiger partial charge in [0.25, 0.3) is 0 Å². The normalized spacial score (nSPS) is 30.1. The summed E-state index contributed by atoms with van der Waals surface area (Å²) in [6.07, 6.45) is 9.13. The minimum atomic E-state index is -0.673. The second-order valence-electron chi connectivity index (χ2n) is 5.40. The smallest absolute Gasteiger partial charge is 0.314 e. The average Bonchev–Trinajstić information content (AvgIpc) is 2.80. The van der Waals surface area contributed by atoms with Gasteiger partial charge in [0, 0.05) is 0 Å². The summed E-state index contributed by atoms with van der Waals surface area (Å²) in [6, 6.07) is 8.06. The van der Waals surface area contributed by atoms with Crippen LogP contribution in [-0.2, 0) is 16.6 Å². The lowest BCUT2D eigenvalue weighted by Crippen LogP contribution is -2.41. The van der Waals surface area contributed by atoms with Gasteiger partial charge < -0.3 is 5.11 Å². The van der Waals surface area contributed by atoms with E-state index in [-0.39, 0.29) is 5.92 Å². The monoisotopic (exact) mass is 242 g/mol. The zero-order valence-corrected chi connectivity index (χ0v) is 10.4. The minimum absolute atomic E-state index is 0.160. The molecule has 0 saturated heterocycles. The fourth-order valence-corrected chi connectivity index (χ4v) is 3.63. The van der Waals surface area contributed by atoms with Crippen molar-refractivity contribution >= 4 is 5.97 Å². The summed E-state index contributed by atoms with van der Waals surface area (Å²) in [5, 5.41) is 9.83. The van der Waals surface area contributed by atoms with E-state index in [1.54, 1.807) is 0 Å². The summed E-state index contributed by atoms with van der Waals surface area (Å²) in [4.78, 5) is 12.0.